The third kappa shape index (κ3) is 12.0. The molecule has 8 nitrogen and oxygen atoms in total. The lowest BCUT2D eigenvalue weighted by molar-refractivity contribution is -0.118. The summed E-state index contributed by atoms with van der Waals surface area (Å²) in [6.45, 7) is 5.42. The number of carbonyl (C=O) groups excluding carboxylic acids is 2. The first-order chi connectivity index (χ1) is 12.7. The van der Waals surface area contributed by atoms with Crippen molar-refractivity contribution in [3.8, 4) is 0 Å². The Morgan fingerprint density at radius 3 is 1.62 bits per heavy atom. The van der Waals surface area contributed by atoms with E-state index in [2.05, 4.69) is 10.6 Å². The van der Waals surface area contributed by atoms with Gasteiger partial charge in [-0.05, 0) is 25.7 Å². The lowest BCUT2D eigenvalue weighted by atomic mass is 10.3. The summed E-state index contributed by atoms with van der Waals surface area (Å²) < 4.78 is 20.9. The highest BCUT2D eigenvalue weighted by Crippen LogP contribution is 2.09. The molecule has 2 N–H and O–H groups in total. The summed E-state index contributed by atoms with van der Waals surface area (Å²) in [6, 6.07) is 0. The number of carbonyl (C=O) groups is 2. The number of unbranched alkanes of at least 4 members (excludes halogenated alkanes) is 2. The molecule has 2 aliphatic rings. The molecule has 2 heterocycles. The lowest BCUT2D eigenvalue weighted by Gasteiger charge is -2.04. The maximum atomic E-state index is 11.6. The summed E-state index contributed by atoms with van der Waals surface area (Å²) in [4.78, 5) is 23.2. The van der Waals surface area contributed by atoms with Crippen molar-refractivity contribution < 1.29 is 28.5 Å². The summed E-state index contributed by atoms with van der Waals surface area (Å²) in [5.41, 5.74) is 0. The van der Waals surface area contributed by atoms with E-state index in [4.69, 9.17) is 18.9 Å². The third-order valence-electron chi connectivity index (χ3n) is 3.83. The van der Waals surface area contributed by atoms with E-state index in [1.807, 2.05) is 0 Å². The van der Waals surface area contributed by atoms with E-state index in [1.165, 1.54) is 12.2 Å². The van der Waals surface area contributed by atoms with Crippen LogP contribution in [-0.4, -0.2) is 76.8 Å². The molecule has 0 aromatic carbocycles. The topological polar surface area (TPSA) is 102 Å². The number of epoxide rings is 2. The Morgan fingerprint density at radius 1 is 0.808 bits per heavy atom. The zero-order valence-corrected chi connectivity index (χ0v) is 15.2. The standard InChI is InChI=1S/C18H30N2O6/c21-17(19-7-1-3-9-23-11-15-13-25-15)5-6-18(22)20-8-2-4-10-24-12-16-14-26-16/h5-6,15-16H,1-4,7-14H2,(H,19,21)(H,20,22). The molecule has 0 aromatic rings. The van der Waals surface area contributed by atoms with Crippen LogP contribution < -0.4 is 10.6 Å². The first-order valence-electron chi connectivity index (χ1n) is 9.36. The van der Waals surface area contributed by atoms with Gasteiger partial charge in [-0.15, -0.1) is 0 Å². The molecule has 0 radical (unpaired) electrons. The van der Waals surface area contributed by atoms with Gasteiger partial charge in [0, 0.05) is 38.5 Å². The molecular weight excluding hydrogens is 340 g/mol. The van der Waals surface area contributed by atoms with Crippen LogP contribution in [0.25, 0.3) is 0 Å². The molecule has 0 aliphatic carbocycles. The van der Waals surface area contributed by atoms with Gasteiger partial charge in [0.15, 0.2) is 0 Å². The second kappa shape index (κ2) is 12.8. The van der Waals surface area contributed by atoms with Crippen molar-refractivity contribution >= 4 is 11.8 Å². The van der Waals surface area contributed by atoms with Crippen LogP contribution in [0.15, 0.2) is 12.2 Å². The second-order valence-corrected chi connectivity index (χ2v) is 6.39. The number of hydrogen-bond donors (Lipinski definition) is 2. The lowest BCUT2D eigenvalue weighted by Crippen LogP contribution is -2.25. The van der Waals surface area contributed by atoms with Crippen molar-refractivity contribution in [2.24, 2.45) is 0 Å². The van der Waals surface area contributed by atoms with E-state index < -0.39 is 0 Å². The molecule has 0 saturated carbocycles. The highest BCUT2D eigenvalue weighted by molar-refractivity contribution is 5.96. The average Bonchev–Trinajstić information content (AvgIpc) is 3.53. The van der Waals surface area contributed by atoms with Gasteiger partial charge < -0.3 is 29.6 Å². The molecule has 2 saturated heterocycles. The van der Waals surface area contributed by atoms with Gasteiger partial charge in [-0.3, -0.25) is 9.59 Å². The Morgan fingerprint density at radius 2 is 1.23 bits per heavy atom. The number of ether oxygens (including phenoxy) is 4. The van der Waals surface area contributed by atoms with Crippen molar-refractivity contribution in [3.05, 3.63) is 12.2 Å². The fourth-order valence-electron chi connectivity index (χ4n) is 2.11. The molecular formula is C18H30N2O6. The van der Waals surface area contributed by atoms with Crippen molar-refractivity contribution in [2.45, 2.75) is 37.9 Å². The van der Waals surface area contributed by atoms with Gasteiger partial charge in [0.25, 0.3) is 0 Å². The van der Waals surface area contributed by atoms with E-state index in [0.717, 1.165) is 38.9 Å². The minimum absolute atomic E-state index is 0.261. The molecule has 2 amide bonds. The monoisotopic (exact) mass is 370 g/mol. The number of nitrogens with one attached hydrogen (secondary N) is 2. The molecule has 148 valence electrons. The maximum Gasteiger partial charge on any atom is 0.244 e. The van der Waals surface area contributed by atoms with E-state index in [1.54, 1.807) is 0 Å². The zero-order chi connectivity index (χ0) is 18.5. The van der Waals surface area contributed by atoms with Crippen molar-refractivity contribution in [3.63, 3.8) is 0 Å². The fraction of sp³-hybridized carbons (Fsp3) is 0.778. The largest absolute Gasteiger partial charge is 0.379 e. The van der Waals surface area contributed by atoms with Crippen LogP contribution in [0.3, 0.4) is 0 Å². The smallest absolute Gasteiger partial charge is 0.244 e. The summed E-state index contributed by atoms with van der Waals surface area (Å²) in [5, 5.41) is 5.48. The molecule has 2 unspecified atom stereocenters. The van der Waals surface area contributed by atoms with Gasteiger partial charge in [-0.1, -0.05) is 0 Å². The van der Waals surface area contributed by atoms with E-state index in [9.17, 15) is 9.59 Å². The highest BCUT2D eigenvalue weighted by atomic mass is 16.6. The molecule has 2 aliphatic heterocycles. The van der Waals surface area contributed by atoms with Crippen molar-refractivity contribution in [2.75, 3.05) is 52.7 Å². The van der Waals surface area contributed by atoms with Crippen molar-refractivity contribution in [1.29, 1.82) is 0 Å². The zero-order valence-electron chi connectivity index (χ0n) is 15.2. The van der Waals surface area contributed by atoms with Crippen LogP contribution in [0.1, 0.15) is 25.7 Å². The summed E-state index contributed by atoms with van der Waals surface area (Å²) in [7, 11) is 0. The van der Waals surface area contributed by atoms with Crippen LogP contribution in [0.4, 0.5) is 0 Å². The molecule has 2 fully saturated rings. The summed E-state index contributed by atoms with van der Waals surface area (Å²) >= 11 is 0. The number of rotatable bonds is 16. The van der Waals surface area contributed by atoms with Crippen LogP contribution in [0, 0.1) is 0 Å². The number of hydrogen-bond acceptors (Lipinski definition) is 6. The SMILES string of the molecule is O=C(C=CC(=O)NCCCCOCC1CO1)NCCCCOCC1CO1. The fourth-order valence-corrected chi connectivity index (χ4v) is 2.11. The Balaban J connectivity index is 1.33. The van der Waals surface area contributed by atoms with E-state index >= 15 is 0 Å². The summed E-state index contributed by atoms with van der Waals surface area (Å²) in [6.07, 6.45) is 6.55. The van der Waals surface area contributed by atoms with Gasteiger partial charge >= 0.3 is 0 Å². The average molecular weight is 370 g/mol. The van der Waals surface area contributed by atoms with E-state index in [0.29, 0.717) is 51.7 Å². The minimum atomic E-state index is -0.261. The minimum Gasteiger partial charge on any atom is -0.379 e. The first kappa shape index (κ1) is 20.8. The van der Waals surface area contributed by atoms with Crippen molar-refractivity contribution in [1.82, 2.24) is 10.6 Å². The Bertz CT molecular complexity index is 409. The van der Waals surface area contributed by atoms with E-state index in [-0.39, 0.29) is 11.8 Å². The van der Waals surface area contributed by atoms with Gasteiger partial charge in [-0.2, -0.15) is 0 Å². The maximum absolute atomic E-state index is 11.6. The predicted molar refractivity (Wildman–Crippen MR) is 94.7 cm³/mol. The second-order valence-electron chi connectivity index (χ2n) is 6.39. The quantitative estimate of drug-likeness (QED) is 0.228. The predicted octanol–water partition coefficient (Wildman–Crippen LogP) is 0.166. The van der Waals surface area contributed by atoms with Crippen LogP contribution >= 0.6 is 0 Å². The highest BCUT2D eigenvalue weighted by Gasteiger charge is 2.22. The Hall–Kier alpha value is -1.48. The number of amides is 2. The molecule has 26 heavy (non-hydrogen) atoms. The van der Waals surface area contributed by atoms with Gasteiger partial charge in [0.1, 0.15) is 12.2 Å². The molecule has 2 atom stereocenters. The molecule has 0 aromatic heterocycles. The van der Waals surface area contributed by atoms with Gasteiger partial charge in [-0.25, -0.2) is 0 Å². The van der Waals surface area contributed by atoms with Crippen LogP contribution in [-0.2, 0) is 28.5 Å². The Kier molecular flexibility index (Phi) is 10.3. The third-order valence-corrected chi connectivity index (χ3v) is 3.83. The molecule has 0 bridgehead atoms. The molecule has 8 heteroatoms. The molecule has 0 spiro atoms. The first-order valence-corrected chi connectivity index (χ1v) is 9.36. The normalized spacial score (nSPS) is 20.9. The van der Waals surface area contributed by atoms with Crippen LogP contribution in [0.2, 0.25) is 0 Å². The Labute approximate surface area is 154 Å². The van der Waals surface area contributed by atoms with Gasteiger partial charge in [0.05, 0.1) is 26.4 Å². The van der Waals surface area contributed by atoms with Gasteiger partial charge in [0.2, 0.25) is 11.8 Å². The van der Waals surface area contributed by atoms with Crippen LogP contribution in [0.5, 0.6) is 0 Å². The summed E-state index contributed by atoms with van der Waals surface area (Å²) in [5.74, 6) is -0.522. The molecule has 2 rings (SSSR count).